The molecule has 1 aromatic rings. The van der Waals surface area contributed by atoms with E-state index in [1.807, 2.05) is 12.3 Å². The maximum atomic E-state index is 8.68. The molecule has 0 saturated heterocycles. The Kier molecular flexibility index (Phi) is 3.45. The molecule has 0 bridgehead atoms. The fraction of sp³-hybridized carbons (Fsp3) is 0.500. The highest BCUT2D eigenvalue weighted by Gasteiger charge is 2.30. The predicted octanol–water partition coefficient (Wildman–Crippen LogP) is 3.04. The van der Waals surface area contributed by atoms with E-state index in [9.17, 15) is 0 Å². The second kappa shape index (κ2) is 4.84. The third-order valence-electron chi connectivity index (χ3n) is 2.79. The second-order valence-corrected chi connectivity index (χ2v) is 4.89. The number of nitrogens with zero attached hydrogens (tertiary/aromatic N) is 3. The van der Waals surface area contributed by atoms with E-state index in [0.29, 0.717) is 12.5 Å². The summed E-state index contributed by atoms with van der Waals surface area (Å²) in [7, 11) is 0. The molecule has 1 saturated carbocycles. The Morgan fingerprint density at radius 2 is 2.38 bits per heavy atom. The van der Waals surface area contributed by atoms with Gasteiger partial charge in [-0.3, -0.25) is 0 Å². The number of anilines is 1. The topological polar surface area (TPSA) is 39.9 Å². The lowest BCUT2D eigenvalue weighted by Gasteiger charge is -2.23. The average molecular weight is 280 g/mol. The van der Waals surface area contributed by atoms with Crippen molar-refractivity contribution in [3.05, 3.63) is 22.3 Å². The molecule has 1 aliphatic carbocycles. The molecular weight excluding hydrogens is 266 g/mol. The van der Waals surface area contributed by atoms with Gasteiger partial charge in [0, 0.05) is 18.8 Å². The molecule has 0 aromatic carbocycles. The summed E-state index contributed by atoms with van der Waals surface area (Å²) < 4.78 is 1.06. The Balaban J connectivity index is 2.24. The van der Waals surface area contributed by atoms with Gasteiger partial charge < -0.3 is 4.90 Å². The van der Waals surface area contributed by atoms with E-state index >= 15 is 0 Å². The Morgan fingerprint density at radius 3 is 3.00 bits per heavy atom. The molecule has 0 radical (unpaired) electrons. The van der Waals surface area contributed by atoms with Crippen molar-refractivity contribution in [1.82, 2.24) is 4.98 Å². The van der Waals surface area contributed by atoms with Crippen molar-refractivity contribution in [3.8, 4) is 6.07 Å². The third kappa shape index (κ3) is 2.35. The van der Waals surface area contributed by atoms with Gasteiger partial charge in [-0.1, -0.05) is 0 Å². The van der Waals surface area contributed by atoms with Gasteiger partial charge in [0.2, 0.25) is 0 Å². The van der Waals surface area contributed by atoms with Crippen LogP contribution in [0.25, 0.3) is 0 Å². The van der Waals surface area contributed by atoms with Gasteiger partial charge in [0.25, 0.3) is 0 Å². The van der Waals surface area contributed by atoms with E-state index in [0.717, 1.165) is 16.8 Å². The molecule has 0 unspecified atom stereocenters. The summed E-state index contributed by atoms with van der Waals surface area (Å²) in [5.41, 5.74) is 1.19. The molecule has 84 valence electrons. The number of hydrogen-bond acceptors (Lipinski definition) is 3. The highest BCUT2D eigenvalue weighted by Crippen LogP contribution is 2.35. The molecule has 0 N–H and O–H groups in total. The van der Waals surface area contributed by atoms with Crippen LogP contribution in [0.1, 0.15) is 24.8 Å². The van der Waals surface area contributed by atoms with Gasteiger partial charge in [-0.25, -0.2) is 4.98 Å². The van der Waals surface area contributed by atoms with Crippen LogP contribution in [-0.4, -0.2) is 17.6 Å². The van der Waals surface area contributed by atoms with Gasteiger partial charge in [0.05, 0.1) is 17.0 Å². The largest absolute Gasteiger partial charge is 0.352 e. The van der Waals surface area contributed by atoms with Crippen LogP contribution in [0.3, 0.4) is 0 Å². The fourth-order valence-electron chi connectivity index (χ4n) is 1.74. The van der Waals surface area contributed by atoms with Crippen LogP contribution in [0.15, 0.2) is 16.7 Å². The highest BCUT2D eigenvalue weighted by molar-refractivity contribution is 9.10. The van der Waals surface area contributed by atoms with E-state index in [4.69, 9.17) is 5.26 Å². The summed E-state index contributed by atoms with van der Waals surface area (Å²) in [4.78, 5) is 6.67. The predicted molar refractivity (Wildman–Crippen MR) is 67.3 cm³/mol. The zero-order valence-corrected chi connectivity index (χ0v) is 10.9. The van der Waals surface area contributed by atoms with Crippen LogP contribution < -0.4 is 4.90 Å². The fourth-order valence-corrected chi connectivity index (χ4v) is 2.21. The van der Waals surface area contributed by atoms with Crippen LogP contribution in [-0.2, 0) is 0 Å². The molecule has 4 heteroatoms. The number of pyridine rings is 1. The molecule has 1 heterocycles. The first-order valence-electron chi connectivity index (χ1n) is 5.48. The van der Waals surface area contributed by atoms with E-state index in [1.165, 1.54) is 18.4 Å². The Bertz CT molecular complexity index is 421. The van der Waals surface area contributed by atoms with Crippen molar-refractivity contribution in [2.45, 2.75) is 32.2 Å². The van der Waals surface area contributed by atoms with E-state index < -0.39 is 0 Å². The maximum absolute atomic E-state index is 8.68. The quantitative estimate of drug-likeness (QED) is 0.851. The minimum atomic E-state index is 0.554. The van der Waals surface area contributed by atoms with Crippen molar-refractivity contribution in [1.29, 1.82) is 5.26 Å². The lowest BCUT2D eigenvalue weighted by Crippen LogP contribution is -2.28. The molecule has 2 rings (SSSR count). The number of halogens is 1. The highest BCUT2D eigenvalue weighted by atomic mass is 79.9. The first-order valence-corrected chi connectivity index (χ1v) is 6.28. The summed E-state index contributed by atoms with van der Waals surface area (Å²) in [5.74, 6) is 0.984. The molecule has 0 aliphatic heterocycles. The molecule has 16 heavy (non-hydrogen) atoms. The Morgan fingerprint density at radius 1 is 1.62 bits per heavy atom. The molecule has 0 amide bonds. The smallest absolute Gasteiger partial charge is 0.143 e. The monoisotopic (exact) mass is 279 g/mol. The molecule has 0 spiro atoms. The lowest BCUT2D eigenvalue weighted by molar-refractivity contribution is 0.775. The zero-order chi connectivity index (χ0) is 11.5. The Hall–Kier alpha value is -1.08. The lowest BCUT2D eigenvalue weighted by atomic mass is 10.2. The van der Waals surface area contributed by atoms with Crippen LogP contribution >= 0.6 is 15.9 Å². The van der Waals surface area contributed by atoms with E-state index in [2.05, 4.69) is 38.8 Å². The van der Waals surface area contributed by atoms with E-state index in [-0.39, 0.29) is 0 Å². The summed E-state index contributed by atoms with van der Waals surface area (Å²) in [6.45, 7) is 2.83. The van der Waals surface area contributed by atoms with Crippen LogP contribution in [0.5, 0.6) is 0 Å². The van der Waals surface area contributed by atoms with Gasteiger partial charge >= 0.3 is 0 Å². The summed E-state index contributed by atoms with van der Waals surface area (Å²) in [6, 6.07) is 4.77. The minimum absolute atomic E-state index is 0.554. The minimum Gasteiger partial charge on any atom is -0.352 e. The molecular formula is C12H14BrN3. The molecule has 3 nitrogen and oxygen atoms in total. The third-order valence-corrected chi connectivity index (χ3v) is 3.77. The normalized spacial score (nSPS) is 14.6. The first kappa shape index (κ1) is 11.4. The van der Waals surface area contributed by atoms with Crippen molar-refractivity contribution >= 4 is 21.7 Å². The molecule has 1 aromatic heterocycles. The Labute approximate surface area is 104 Å². The van der Waals surface area contributed by atoms with Gasteiger partial charge in [0.15, 0.2) is 0 Å². The molecule has 1 fully saturated rings. The van der Waals surface area contributed by atoms with Gasteiger partial charge in [0.1, 0.15) is 5.82 Å². The van der Waals surface area contributed by atoms with Crippen molar-refractivity contribution in [3.63, 3.8) is 0 Å². The number of hydrogen-bond donors (Lipinski definition) is 0. The van der Waals surface area contributed by atoms with Crippen molar-refractivity contribution in [2.75, 3.05) is 11.4 Å². The number of aromatic nitrogens is 1. The van der Waals surface area contributed by atoms with Crippen LogP contribution in [0, 0.1) is 18.3 Å². The van der Waals surface area contributed by atoms with Gasteiger partial charge in [-0.2, -0.15) is 5.26 Å². The SMILES string of the molecule is Cc1ccnc(N(CCC#N)C2CC2)c1Br. The number of nitriles is 1. The van der Waals surface area contributed by atoms with Crippen LogP contribution in [0.2, 0.25) is 0 Å². The van der Waals surface area contributed by atoms with Crippen molar-refractivity contribution in [2.24, 2.45) is 0 Å². The molecule has 0 atom stereocenters. The second-order valence-electron chi connectivity index (χ2n) is 4.10. The summed E-state index contributed by atoms with van der Waals surface area (Å²) in [6.07, 6.45) is 4.82. The number of rotatable bonds is 4. The number of aryl methyl sites for hydroxylation is 1. The summed E-state index contributed by atoms with van der Waals surface area (Å²) >= 11 is 3.58. The molecule has 1 aliphatic rings. The standard InChI is InChI=1S/C12H14BrN3/c1-9-5-7-15-12(11(9)13)16(8-2-6-14)10-3-4-10/h5,7,10H,2-4,8H2,1H3. The van der Waals surface area contributed by atoms with Gasteiger partial charge in [-0.05, 0) is 47.3 Å². The van der Waals surface area contributed by atoms with Crippen molar-refractivity contribution < 1.29 is 0 Å². The average Bonchev–Trinajstić information content (AvgIpc) is 3.08. The van der Waals surface area contributed by atoms with Gasteiger partial charge in [-0.15, -0.1) is 0 Å². The van der Waals surface area contributed by atoms with E-state index in [1.54, 1.807) is 0 Å². The van der Waals surface area contributed by atoms with Crippen LogP contribution in [0.4, 0.5) is 5.82 Å². The summed E-state index contributed by atoms with van der Waals surface area (Å²) in [5, 5.41) is 8.68. The zero-order valence-electron chi connectivity index (χ0n) is 9.28. The first-order chi connectivity index (χ1) is 7.74. The maximum Gasteiger partial charge on any atom is 0.143 e.